The lowest BCUT2D eigenvalue weighted by Crippen LogP contribution is -2.46. The third-order valence-electron chi connectivity index (χ3n) is 5.45. The number of carbonyl (C=O) groups excluding carboxylic acids is 3. The number of carbonyl (C=O) groups is 3. The highest BCUT2D eigenvalue weighted by Crippen LogP contribution is 2.36. The number of nitrogens with zero attached hydrogens (tertiary/aromatic N) is 2. The van der Waals surface area contributed by atoms with Crippen LogP contribution in [0.3, 0.4) is 0 Å². The maximum Gasteiger partial charge on any atom is 0.313 e. The first-order valence-corrected chi connectivity index (χ1v) is 9.84. The molecule has 2 atom stereocenters. The molecule has 1 fully saturated rings. The quantitative estimate of drug-likeness (QED) is 0.670. The second-order valence-corrected chi connectivity index (χ2v) is 7.94. The fourth-order valence-corrected chi connectivity index (χ4v) is 3.86. The summed E-state index contributed by atoms with van der Waals surface area (Å²) in [5, 5.41) is 12.6. The Morgan fingerprint density at radius 2 is 1.80 bits per heavy atom. The molecule has 3 amide bonds. The number of phenols is 1. The molecule has 0 saturated carbocycles. The molecule has 158 valence electrons. The standard InChI is InChI=1S/C22H26N4O4/c1-12-4-5-18(15-6-13(2)19(27)14(3)7-15)26(11-12)22(30)21(29)25-17-8-16(20(23)28)9-24-10-17/h6-10,12,18,27H,4-5,11H2,1-3H3,(H2,23,28)(H,25,29)/t12-,18+/m1/s1. The Balaban J connectivity index is 1.85. The molecule has 4 N–H and O–H groups in total. The Morgan fingerprint density at radius 3 is 2.43 bits per heavy atom. The highest BCUT2D eigenvalue weighted by Gasteiger charge is 2.34. The molecule has 1 aromatic heterocycles. The summed E-state index contributed by atoms with van der Waals surface area (Å²) in [7, 11) is 0. The summed E-state index contributed by atoms with van der Waals surface area (Å²) in [6.07, 6.45) is 4.29. The predicted octanol–water partition coefficient (Wildman–Crippen LogP) is 2.44. The van der Waals surface area contributed by atoms with Gasteiger partial charge in [-0.25, -0.2) is 0 Å². The zero-order valence-corrected chi connectivity index (χ0v) is 17.3. The number of primary amides is 1. The first-order valence-electron chi connectivity index (χ1n) is 9.84. The number of hydrogen-bond donors (Lipinski definition) is 3. The summed E-state index contributed by atoms with van der Waals surface area (Å²) in [5.74, 6) is -1.63. The van der Waals surface area contributed by atoms with Crippen molar-refractivity contribution in [1.29, 1.82) is 0 Å². The van der Waals surface area contributed by atoms with Crippen LogP contribution in [-0.4, -0.2) is 39.3 Å². The van der Waals surface area contributed by atoms with Gasteiger partial charge < -0.3 is 21.1 Å². The van der Waals surface area contributed by atoms with Gasteiger partial charge in [0.2, 0.25) is 5.91 Å². The van der Waals surface area contributed by atoms with Crippen molar-refractivity contribution in [3.8, 4) is 5.75 Å². The molecule has 8 nitrogen and oxygen atoms in total. The number of aromatic hydroxyl groups is 1. The van der Waals surface area contributed by atoms with Gasteiger partial charge in [0, 0.05) is 12.7 Å². The Labute approximate surface area is 175 Å². The van der Waals surface area contributed by atoms with E-state index in [0.717, 1.165) is 29.5 Å². The lowest BCUT2D eigenvalue weighted by Gasteiger charge is -2.38. The van der Waals surface area contributed by atoms with Crippen LogP contribution < -0.4 is 11.1 Å². The van der Waals surface area contributed by atoms with Gasteiger partial charge in [-0.1, -0.05) is 19.1 Å². The molecular weight excluding hydrogens is 384 g/mol. The van der Waals surface area contributed by atoms with Gasteiger partial charge >= 0.3 is 11.8 Å². The second-order valence-electron chi connectivity index (χ2n) is 7.94. The van der Waals surface area contributed by atoms with Crippen molar-refractivity contribution in [3.63, 3.8) is 0 Å². The van der Waals surface area contributed by atoms with Gasteiger partial charge in [0.15, 0.2) is 0 Å². The maximum atomic E-state index is 13.0. The molecule has 8 heteroatoms. The van der Waals surface area contributed by atoms with E-state index >= 15 is 0 Å². The van der Waals surface area contributed by atoms with Crippen LogP contribution in [0.25, 0.3) is 0 Å². The van der Waals surface area contributed by atoms with Crippen LogP contribution in [0.4, 0.5) is 5.69 Å². The van der Waals surface area contributed by atoms with Crippen molar-refractivity contribution >= 4 is 23.4 Å². The van der Waals surface area contributed by atoms with Crippen molar-refractivity contribution in [1.82, 2.24) is 9.88 Å². The summed E-state index contributed by atoms with van der Waals surface area (Å²) in [5.41, 5.74) is 7.96. The zero-order valence-electron chi connectivity index (χ0n) is 17.3. The van der Waals surface area contributed by atoms with E-state index in [1.54, 1.807) is 4.90 Å². The SMILES string of the molecule is Cc1cc([C@@H]2CC[C@@H](C)CN2C(=O)C(=O)Nc2cncc(C(N)=O)c2)cc(C)c1O. The minimum absolute atomic E-state index is 0.139. The Morgan fingerprint density at radius 1 is 1.13 bits per heavy atom. The number of amides is 3. The van der Waals surface area contributed by atoms with Crippen LogP contribution in [-0.2, 0) is 9.59 Å². The smallest absolute Gasteiger partial charge is 0.313 e. The third kappa shape index (κ3) is 4.42. The number of nitrogens with one attached hydrogen (secondary N) is 1. The number of anilines is 1. The molecule has 1 saturated heterocycles. The van der Waals surface area contributed by atoms with Gasteiger partial charge in [0.05, 0.1) is 23.5 Å². The molecule has 0 spiro atoms. The average Bonchev–Trinajstić information content (AvgIpc) is 2.71. The van der Waals surface area contributed by atoms with E-state index in [-0.39, 0.29) is 29.0 Å². The van der Waals surface area contributed by atoms with Crippen LogP contribution in [0.5, 0.6) is 5.75 Å². The predicted molar refractivity (Wildman–Crippen MR) is 112 cm³/mol. The van der Waals surface area contributed by atoms with Crippen molar-refractivity contribution in [2.24, 2.45) is 11.7 Å². The number of aromatic nitrogens is 1. The van der Waals surface area contributed by atoms with E-state index in [9.17, 15) is 19.5 Å². The highest BCUT2D eigenvalue weighted by atomic mass is 16.3. The van der Waals surface area contributed by atoms with Crippen molar-refractivity contribution in [2.75, 3.05) is 11.9 Å². The van der Waals surface area contributed by atoms with Crippen molar-refractivity contribution in [3.05, 3.63) is 52.8 Å². The number of benzene rings is 1. The Hall–Kier alpha value is -3.42. The molecule has 0 radical (unpaired) electrons. The van der Waals surface area contributed by atoms with E-state index in [1.807, 2.05) is 32.9 Å². The largest absolute Gasteiger partial charge is 0.507 e. The van der Waals surface area contributed by atoms with Gasteiger partial charge in [0.25, 0.3) is 0 Å². The maximum absolute atomic E-state index is 13.0. The topological polar surface area (TPSA) is 126 Å². The summed E-state index contributed by atoms with van der Waals surface area (Å²) >= 11 is 0. The average molecular weight is 410 g/mol. The molecule has 2 heterocycles. The normalized spacial score (nSPS) is 18.7. The number of piperidine rings is 1. The van der Waals surface area contributed by atoms with E-state index < -0.39 is 17.7 Å². The second kappa shape index (κ2) is 8.52. The highest BCUT2D eigenvalue weighted by molar-refractivity contribution is 6.39. The lowest BCUT2D eigenvalue weighted by atomic mass is 9.88. The third-order valence-corrected chi connectivity index (χ3v) is 5.45. The van der Waals surface area contributed by atoms with E-state index in [4.69, 9.17) is 5.73 Å². The summed E-state index contributed by atoms with van der Waals surface area (Å²) < 4.78 is 0. The van der Waals surface area contributed by atoms with Crippen molar-refractivity contribution in [2.45, 2.75) is 39.7 Å². The minimum Gasteiger partial charge on any atom is -0.507 e. The number of aryl methyl sites for hydroxylation is 2. The van der Waals surface area contributed by atoms with Crippen LogP contribution in [0.15, 0.2) is 30.6 Å². The Kier molecular flexibility index (Phi) is 6.05. The van der Waals surface area contributed by atoms with Gasteiger partial charge in [-0.15, -0.1) is 0 Å². The van der Waals surface area contributed by atoms with Crippen LogP contribution in [0.2, 0.25) is 0 Å². The number of nitrogens with two attached hydrogens (primary N) is 1. The fraction of sp³-hybridized carbons (Fsp3) is 0.364. The first kappa shape index (κ1) is 21.3. The number of rotatable bonds is 3. The molecular formula is C22H26N4O4. The summed E-state index contributed by atoms with van der Waals surface area (Å²) in [6.45, 7) is 6.13. The molecule has 0 bridgehead atoms. The minimum atomic E-state index is -0.801. The first-order chi connectivity index (χ1) is 14.2. The lowest BCUT2D eigenvalue weighted by molar-refractivity contribution is -0.146. The van der Waals surface area contributed by atoms with E-state index in [2.05, 4.69) is 10.3 Å². The molecule has 30 heavy (non-hydrogen) atoms. The number of phenolic OH excluding ortho intramolecular Hbond substituents is 1. The van der Waals surface area contributed by atoms with Crippen LogP contribution >= 0.6 is 0 Å². The van der Waals surface area contributed by atoms with Crippen LogP contribution in [0, 0.1) is 19.8 Å². The number of likely N-dealkylation sites (tertiary alicyclic amines) is 1. The molecule has 0 aliphatic carbocycles. The number of pyridine rings is 1. The molecule has 1 aromatic carbocycles. The molecule has 1 aliphatic rings. The van der Waals surface area contributed by atoms with Crippen LogP contribution in [0.1, 0.15) is 52.9 Å². The van der Waals surface area contributed by atoms with Crippen molar-refractivity contribution < 1.29 is 19.5 Å². The molecule has 1 aliphatic heterocycles. The van der Waals surface area contributed by atoms with Gasteiger partial charge in [-0.3, -0.25) is 19.4 Å². The fourth-order valence-electron chi connectivity index (χ4n) is 3.86. The van der Waals surface area contributed by atoms with Gasteiger partial charge in [0.1, 0.15) is 5.75 Å². The number of hydrogen-bond acceptors (Lipinski definition) is 5. The molecule has 3 rings (SSSR count). The molecule has 2 aromatic rings. The summed E-state index contributed by atoms with van der Waals surface area (Å²) in [6, 6.07) is 4.85. The monoisotopic (exact) mass is 410 g/mol. The zero-order chi connectivity index (χ0) is 22.0. The van der Waals surface area contributed by atoms with Gasteiger partial charge in [-0.2, -0.15) is 0 Å². The summed E-state index contributed by atoms with van der Waals surface area (Å²) in [4.78, 5) is 42.5. The van der Waals surface area contributed by atoms with E-state index in [0.29, 0.717) is 6.54 Å². The van der Waals surface area contributed by atoms with E-state index in [1.165, 1.54) is 18.5 Å². The van der Waals surface area contributed by atoms with Gasteiger partial charge in [-0.05, 0) is 55.4 Å². The Bertz CT molecular complexity index is 981. The molecule has 0 unspecified atom stereocenters.